The number of halogens is 1. The van der Waals surface area contributed by atoms with E-state index in [1.54, 1.807) is 4.57 Å². The Morgan fingerprint density at radius 2 is 1.92 bits per heavy atom. The van der Waals surface area contributed by atoms with Gasteiger partial charge in [0.25, 0.3) is 0 Å². The zero-order valence-corrected chi connectivity index (χ0v) is 15.0. The van der Waals surface area contributed by atoms with Crippen molar-refractivity contribution in [2.24, 2.45) is 0 Å². The number of nitrogens with zero attached hydrogens (tertiary/aromatic N) is 3. The molecule has 24 heavy (non-hydrogen) atoms. The van der Waals surface area contributed by atoms with Crippen molar-refractivity contribution in [2.45, 2.75) is 6.54 Å². The lowest BCUT2D eigenvalue weighted by molar-refractivity contribution is -0.691. The van der Waals surface area contributed by atoms with Gasteiger partial charge in [0.15, 0.2) is 18.2 Å². The van der Waals surface area contributed by atoms with E-state index in [1.165, 1.54) is 11.3 Å². The van der Waals surface area contributed by atoms with E-state index in [2.05, 4.69) is 27.0 Å². The lowest BCUT2D eigenvalue weighted by Gasteiger charge is -1.99. The standard InChI is InChI=1S/C18H12BrN3OS/c19-14-6-4-13(5-7-14)16-12-24-18(21-16)15(10-20)17(23)11-22-8-2-1-3-9-22/h1-9,12H,11H2/p+1. The summed E-state index contributed by atoms with van der Waals surface area (Å²) in [6.07, 6.45) is 3.67. The van der Waals surface area contributed by atoms with Gasteiger partial charge in [0.1, 0.15) is 16.6 Å². The molecule has 2 heterocycles. The van der Waals surface area contributed by atoms with Crippen LogP contribution in [0.2, 0.25) is 0 Å². The zero-order chi connectivity index (χ0) is 16.9. The Bertz CT molecular complexity index is 911. The lowest BCUT2D eigenvalue weighted by atomic mass is 10.2. The van der Waals surface area contributed by atoms with Gasteiger partial charge in [0, 0.05) is 27.5 Å². The third-order valence-electron chi connectivity index (χ3n) is 3.37. The number of allylic oxidation sites excluding steroid dienone is 2. The first-order valence-electron chi connectivity index (χ1n) is 7.15. The van der Waals surface area contributed by atoms with Crippen LogP contribution in [0.25, 0.3) is 16.8 Å². The molecule has 3 aromatic rings. The highest BCUT2D eigenvalue weighted by Gasteiger charge is 2.16. The van der Waals surface area contributed by atoms with Crippen LogP contribution in [0.1, 0.15) is 5.01 Å². The van der Waals surface area contributed by atoms with Crippen molar-refractivity contribution in [3.8, 4) is 17.3 Å². The SMILES string of the molecule is N#CC(=C(O)C[n+]1ccccc1)c1nc(-c2ccc(Br)cc2)cs1. The lowest BCUT2D eigenvalue weighted by Crippen LogP contribution is -2.33. The molecule has 0 unspecified atom stereocenters. The second-order valence-corrected chi connectivity index (χ2v) is 6.80. The Morgan fingerprint density at radius 1 is 1.21 bits per heavy atom. The Labute approximate surface area is 152 Å². The van der Waals surface area contributed by atoms with Crippen molar-refractivity contribution < 1.29 is 9.67 Å². The van der Waals surface area contributed by atoms with Crippen LogP contribution in [0.15, 0.2) is 70.5 Å². The number of rotatable bonds is 4. The normalized spacial score (nSPS) is 11.7. The van der Waals surface area contributed by atoms with E-state index in [0.717, 1.165) is 15.7 Å². The molecule has 4 nitrogen and oxygen atoms in total. The second kappa shape index (κ2) is 7.39. The molecule has 1 aromatic carbocycles. The maximum absolute atomic E-state index is 10.3. The summed E-state index contributed by atoms with van der Waals surface area (Å²) in [7, 11) is 0. The summed E-state index contributed by atoms with van der Waals surface area (Å²) in [5.41, 5.74) is 1.96. The largest absolute Gasteiger partial charge is 0.505 e. The van der Waals surface area contributed by atoms with Crippen LogP contribution in [-0.2, 0) is 6.54 Å². The van der Waals surface area contributed by atoms with E-state index in [-0.39, 0.29) is 17.9 Å². The maximum atomic E-state index is 10.3. The summed E-state index contributed by atoms with van der Waals surface area (Å²) in [6, 6.07) is 15.5. The van der Waals surface area contributed by atoms with Gasteiger partial charge in [0.2, 0.25) is 6.54 Å². The molecule has 0 aliphatic carbocycles. The predicted octanol–water partition coefficient (Wildman–Crippen LogP) is 4.35. The number of aliphatic hydroxyl groups is 1. The number of pyridine rings is 1. The van der Waals surface area contributed by atoms with Crippen molar-refractivity contribution in [1.82, 2.24) is 4.98 Å². The number of aromatic nitrogens is 2. The van der Waals surface area contributed by atoms with Gasteiger partial charge in [-0.3, -0.25) is 0 Å². The summed E-state index contributed by atoms with van der Waals surface area (Å²) in [6.45, 7) is 0.233. The summed E-state index contributed by atoms with van der Waals surface area (Å²) < 4.78 is 2.80. The number of thiazole rings is 1. The van der Waals surface area contributed by atoms with Gasteiger partial charge in [-0.15, -0.1) is 11.3 Å². The molecule has 0 saturated carbocycles. The second-order valence-electron chi connectivity index (χ2n) is 5.03. The number of aliphatic hydroxyl groups excluding tert-OH is 1. The third-order valence-corrected chi connectivity index (χ3v) is 4.76. The predicted molar refractivity (Wildman–Crippen MR) is 97.0 cm³/mol. The van der Waals surface area contributed by atoms with Crippen LogP contribution in [0.4, 0.5) is 0 Å². The molecule has 0 bridgehead atoms. The van der Waals surface area contributed by atoms with E-state index < -0.39 is 0 Å². The highest BCUT2D eigenvalue weighted by molar-refractivity contribution is 9.10. The van der Waals surface area contributed by atoms with Crippen LogP contribution >= 0.6 is 27.3 Å². The smallest absolute Gasteiger partial charge is 0.206 e. The average Bonchev–Trinajstić information content (AvgIpc) is 3.07. The van der Waals surface area contributed by atoms with Crippen molar-refractivity contribution in [3.05, 3.63) is 75.5 Å². The molecule has 6 heteroatoms. The number of hydrogen-bond acceptors (Lipinski definition) is 4. The molecule has 0 amide bonds. The fraction of sp³-hybridized carbons (Fsp3) is 0.0556. The molecule has 0 radical (unpaired) electrons. The minimum atomic E-state index is 0.00501. The van der Waals surface area contributed by atoms with Gasteiger partial charge >= 0.3 is 0 Å². The first-order chi connectivity index (χ1) is 11.7. The summed E-state index contributed by atoms with van der Waals surface area (Å²) in [5.74, 6) is 0.00501. The van der Waals surface area contributed by atoms with Gasteiger partial charge < -0.3 is 5.11 Å². The quantitative estimate of drug-likeness (QED) is 0.403. The Balaban J connectivity index is 1.90. The number of hydrogen-bond donors (Lipinski definition) is 1. The Hall–Kier alpha value is -2.49. The minimum Gasteiger partial charge on any atom is -0.505 e. The van der Waals surface area contributed by atoms with E-state index in [1.807, 2.05) is 60.2 Å². The zero-order valence-electron chi connectivity index (χ0n) is 12.6. The van der Waals surface area contributed by atoms with Crippen molar-refractivity contribution in [2.75, 3.05) is 0 Å². The first-order valence-corrected chi connectivity index (χ1v) is 8.83. The highest BCUT2D eigenvalue weighted by atomic mass is 79.9. The molecule has 118 valence electrons. The summed E-state index contributed by atoms with van der Waals surface area (Å²) in [4.78, 5) is 4.50. The molecular weight excluding hydrogens is 386 g/mol. The minimum absolute atomic E-state index is 0.00501. The molecule has 0 spiro atoms. The van der Waals surface area contributed by atoms with Gasteiger partial charge in [0.05, 0.1) is 5.69 Å². The van der Waals surface area contributed by atoms with Crippen LogP contribution in [0, 0.1) is 11.3 Å². The first kappa shape index (κ1) is 16.4. The van der Waals surface area contributed by atoms with Gasteiger partial charge in [-0.2, -0.15) is 9.83 Å². The fourth-order valence-corrected chi connectivity index (χ4v) is 3.28. The molecule has 1 N–H and O–H groups in total. The van der Waals surface area contributed by atoms with Gasteiger partial charge in [-0.05, 0) is 12.1 Å². The van der Waals surface area contributed by atoms with Crippen LogP contribution in [0.5, 0.6) is 0 Å². The third kappa shape index (κ3) is 3.70. The van der Waals surface area contributed by atoms with E-state index in [0.29, 0.717) is 5.01 Å². The topological polar surface area (TPSA) is 60.8 Å². The highest BCUT2D eigenvalue weighted by Crippen LogP contribution is 2.28. The van der Waals surface area contributed by atoms with Crippen molar-refractivity contribution in [1.29, 1.82) is 5.26 Å². The summed E-state index contributed by atoms with van der Waals surface area (Å²) >= 11 is 4.75. The average molecular weight is 399 g/mol. The van der Waals surface area contributed by atoms with Gasteiger partial charge in [-0.1, -0.05) is 34.1 Å². The molecular formula is C18H13BrN3OS+. The molecule has 0 aliphatic rings. The molecule has 3 rings (SSSR count). The molecule has 0 aliphatic heterocycles. The number of benzene rings is 1. The fourth-order valence-electron chi connectivity index (χ4n) is 2.17. The summed E-state index contributed by atoms with van der Waals surface area (Å²) in [5, 5.41) is 22.2. The maximum Gasteiger partial charge on any atom is 0.206 e. The van der Waals surface area contributed by atoms with Crippen LogP contribution < -0.4 is 4.57 Å². The molecule has 0 saturated heterocycles. The van der Waals surface area contributed by atoms with Crippen molar-refractivity contribution in [3.63, 3.8) is 0 Å². The van der Waals surface area contributed by atoms with E-state index in [4.69, 9.17) is 0 Å². The molecule has 2 aromatic heterocycles. The van der Waals surface area contributed by atoms with Gasteiger partial charge in [-0.25, -0.2) is 4.98 Å². The number of nitriles is 1. The molecule has 0 atom stereocenters. The molecule has 0 fully saturated rings. The Kier molecular flexibility index (Phi) is 5.04. The van der Waals surface area contributed by atoms with Crippen LogP contribution in [0.3, 0.4) is 0 Å². The van der Waals surface area contributed by atoms with Crippen LogP contribution in [-0.4, -0.2) is 10.1 Å². The van der Waals surface area contributed by atoms with E-state index >= 15 is 0 Å². The Morgan fingerprint density at radius 3 is 2.58 bits per heavy atom. The van der Waals surface area contributed by atoms with Crippen molar-refractivity contribution >= 4 is 32.8 Å². The van der Waals surface area contributed by atoms with E-state index in [9.17, 15) is 10.4 Å². The monoisotopic (exact) mass is 398 g/mol.